The van der Waals surface area contributed by atoms with Gasteiger partial charge in [-0.2, -0.15) is 23.4 Å². The summed E-state index contributed by atoms with van der Waals surface area (Å²) >= 11 is -1.63. The molecule has 4 aromatic rings. The lowest BCUT2D eigenvalue weighted by Gasteiger charge is -2.48. The van der Waals surface area contributed by atoms with Gasteiger partial charge in [-0.3, -0.25) is 14.5 Å². The fourth-order valence-corrected chi connectivity index (χ4v) is 7.41. The summed E-state index contributed by atoms with van der Waals surface area (Å²) in [7, 11) is 0. The molecule has 0 radical (unpaired) electrons. The molecule has 0 saturated carbocycles. The summed E-state index contributed by atoms with van der Waals surface area (Å²) < 4.78 is 73.1. The third-order valence-corrected chi connectivity index (χ3v) is 9.60. The van der Waals surface area contributed by atoms with E-state index in [1.54, 1.807) is 44.4 Å². The highest BCUT2D eigenvalue weighted by Crippen LogP contribution is 2.48. The molecule has 0 spiro atoms. The second-order valence-corrected chi connectivity index (χ2v) is 12.3. The third kappa shape index (κ3) is 5.13. The number of alkyl halides is 3. The maximum Gasteiger partial charge on any atom is 0.416 e. The van der Waals surface area contributed by atoms with Crippen LogP contribution in [-0.2, 0) is 36.9 Å². The number of Topliss-reactive ketones (excluding diaryl/α,β-unsaturated/α-hetero) is 1. The molecule has 1 aliphatic carbocycles. The van der Waals surface area contributed by atoms with E-state index in [1.807, 2.05) is 6.92 Å². The Morgan fingerprint density at radius 1 is 1.17 bits per heavy atom. The van der Waals surface area contributed by atoms with Crippen LogP contribution in [-0.4, -0.2) is 52.3 Å². The molecule has 1 aliphatic heterocycles. The van der Waals surface area contributed by atoms with Gasteiger partial charge in [-0.1, -0.05) is 6.92 Å². The summed E-state index contributed by atoms with van der Waals surface area (Å²) in [6.45, 7) is 3.17. The molecular weight excluding hydrogens is 572 g/mol. The maximum absolute atomic E-state index is 14.3. The third-order valence-electron chi connectivity index (χ3n) is 8.21. The van der Waals surface area contributed by atoms with Crippen molar-refractivity contribution in [3.8, 4) is 5.69 Å². The number of fused-ring (bicyclic) bond motifs is 2. The number of aromatic nitrogens is 5. The smallest absolute Gasteiger partial charge is 0.416 e. The standard InChI is InChI=1S/C29H28F4N6O2S/c1-2-10-37-17-24(16-35-37)42(41)38-11-8-20-13-26-19(15-36-39(26)23-5-3-22(30)4-6-23)14-28(20,18-38)27(40)25-12-21(7-9-34-25)29(31,32)33/h3-7,9,12,15-17,20H,2,8,10-11,13-14,18H2,1H3. The number of carbonyl (C=O) groups excluding carboxylic acids is 1. The van der Waals surface area contributed by atoms with Gasteiger partial charge in [0.1, 0.15) is 17.7 Å². The Morgan fingerprint density at radius 2 is 1.95 bits per heavy atom. The van der Waals surface area contributed by atoms with Crippen molar-refractivity contribution >= 4 is 17.1 Å². The van der Waals surface area contributed by atoms with E-state index in [2.05, 4.69) is 15.2 Å². The summed E-state index contributed by atoms with van der Waals surface area (Å²) in [5.41, 5.74) is -0.115. The highest BCUT2D eigenvalue weighted by Gasteiger charge is 2.55. The first kappa shape index (κ1) is 28.6. The summed E-state index contributed by atoms with van der Waals surface area (Å²) in [4.78, 5) is 18.9. The molecule has 2 aliphatic rings. The van der Waals surface area contributed by atoms with Crippen LogP contribution < -0.4 is 0 Å². The van der Waals surface area contributed by atoms with Crippen LogP contribution >= 0.6 is 0 Å². The Hall–Kier alpha value is -3.55. The van der Waals surface area contributed by atoms with Gasteiger partial charge in [-0.25, -0.2) is 9.07 Å². The average molecular weight is 601 g/mol. The predicted octanol–water partition coefficient (Wildman–Crippen LogP) is 5.04. The Bertz CT molecular complexity index is 1600. The number of nitrogens with zero attached hydrogens (tertiary/aromatic N) is 6. The largest absolute Gasteiger partial charge is 0.593 e. The number of benzene rings is 1. The van der Waals surface area contributed by atoms with Crippen molar-refractivity contribution in [3.05, 3.63) is 89.5 Å². The van der Waals surface area contributed by atoms with E-state index in [0.29, 0.717) is 36.5 Å². The molecular formula is C29H28F4N6O2S. The molecule has 1 saturated heterocycles. The summed E-state index contributed by atoms with van der Waals surface area (Å²) in [6, 6.07) is 7.56. The van der Waals surface area contributed by atoms with Crippen LogP contribution in [0.15, 0.2) is 66.1 Å². The van der Waals surface area contributed by atoms with Gasteiger partial charge >= 0.3 is 6.18 Å². The van der Waals surface area contributed by atoms with Crippen molar-refractivity contribution in [3.63, 3.8) is 0 Å². The van der Waals surface area contributed by atoms with Crippen molar-refractivity contribution in [2.24, 2.45) is 11.3 Å². The fourth-order valence-electron chi connectivity index (χ4n) is 6.15. The van der Waals surface area contributed by atoms with Crippen LogP contribution in [0.25, 0.3) is 5.69 Å². The van der Waals surface area contributed by atoms with Crippen LogP contribution in [0, 0.1) is 17.2 Å². The van der Waals surface area contributed by atoms with Crippen LogP contribution in [0.1, 0.15) is 47.1 Å². The topological polar surface area (TPSA) is 91.9 Å². The second kappa shape index (κ2) is 10.9. The zero-order chi connectivity index (χ0) is 29.6. The van der Waals surface area contributed by atoms with E-state index in [9.17, 15) is 26.9 Å². The monoisotopic (exact) mass is 600 g/mol. The van der Waals surface area contributed by atoms with Gasteiger partial charge in [0.05, 0.1) is 47.0 Å². The Balaban J connectivity index is 1.39. The summed E-state index contributed by atoms with van der Waals surface area (Å²) in [5.74, 6) is -1.17. The molecule has 3 atom stereocenters. The molecule has 1 aromatic carbocycles. The van der Waals surface area contributed by atoms with Crippen molar-refractivity contribution in [1.82, 2.24) is 28.9 Å². The maximum atomic E-state index is 14.3. The molecule has 1 fully saturated rings. The molecule has 42 heavy (non-hydrogen) atoms. The van der Waals surface area contributed by atoms with E-state index in [0.717, 1.165) is 36.0 Å². The van der Waals surface area contributed by atoms with Gasteiger partial charge in [-0.15, -0.1) is 4.31 Å². The molecule has 0 bridgehead atoms. The second-order valence-electron chi connectivity index (χ2n) is 10.8. The molecule has 3 aromatic heterocycles. The molecule has 220 valence electrons. The van der Waals surface area contributed by atoms with E-state index in [-0.39, 0.29) is 30.4 Å². The van der Waals surface area contributed by atoms with Crippen LogP contribution in [0.5, 0.6) is 0 Å². The SMILES string of the molecule is CCCn1cc([S+]([O-])N2CCC3Cc4c(cnn4-c4ccc(F)cc4)CC3(C(=O)c3cc(C(F)(F)F)ccn3)C2)cn1. The summed E-state index contributed by atoms with van der Waals surface area (Å²) in [5, 5.41) is 8.80. The van der Waals surface area contributed by atoms with E-state index < -0.39 is 34.3 Å². The predicted molar refractivity (Wildman–Crippen MR) is 146 cm³/mol. The molecule has 8 nitrogen and oxygen atoms in total. The van der Waals surface area contributed by atoms with Crippen molar-refractivity contribution < 1.29 is 26.9 Å². The molecule has 0 N–H and O–H groups in total. The van der Waals surface area contributed by atoms with E-state index in [4.69, 9.17) is 0 Å². The minimum Gasteiger partial charge on any atom is -0.593 e. The number of hydrogen-bond donors (Lipinski definition) is 0. The zero-order valence-electron chi connectivity index (χ0n) is 22.7. The van der Waals surface area contributed by atoms with Gasteiger partial charge in [0.25, 0.3) is 0 Å². The zero-order valence-corrected chi connectivity index (χ0v) is 23.5. The number of pyridine rings is 1. The van der Waals surface area contributed by atoms with Gasteiger partial charge in [0.2, 0.25) is 4.90 Å². The minimum absolute atomic E-state index is 0.0706. The number of halogens is 4. The first-order valence-electron chi connectivity index (χ1n) is 13.7. The minimum atomic E-state index is -4.64. The molecule has 4 heterocycles. The van der Waals surface area contributed by atoms with E-state index >= 15 is 0 Å². The van der Waals surface area contributed by atoms with Gasteiger partial charge < -0.3 is 4.55 Å². The van der Waals surface area contributed by atoms with Crippen molar-refractivity contribution in [1.29, 1.82) is 0 Å². The average Bonchev–Trinajstić information content (AvgIpc) is 3.62. The lowest BCUT2D eigenvalue weighted by molar-refractivity contribution is -0.137. The van der Waals surface area contributed by atoms with Crippen LogP contribution in [0.3, 0.4) is 0 Å². The molecule has 0 amide bonds. The summed E-state index contributed by atoms with van der Waals surface area (Å²) in [6.07, 6.45) is 3.23. The lowest BCUT2D eigenvalue weighted by Crippen LogP contribution is -2.57. The first-order valence-corrected chi connectivity index (χ1v) is 14.8. The van der Waals surface area contributed by atoms with Gasteiger partial charge in [0, 0.05) is 25.0 Å². The highest BCUT2D eigenvalue weighted by atomic mass is 32.2. The number of hydrogen-bond acceptors (Lipinski definition) is 6. The Labute approximate surface area is 242 Å². The highest BCUT2D eigenvalue weighted by molar-refractivity contribution is 7.89. The quantitative estimate of drug-likeness (QED) is 0.168. The van der Waals surface area contributed by atoms with Gasteiger partial charge in [0.15, 0.2) is 5.78 Å². The Morgan fingerprint density at radius 3 is 2.69 bits per heavy atom. The number of piperidine rings is 1. The van der Waals surface area contributed by atoms with Crippen LogP contribution in [0.2, 0.25) is 0 Å². The number of ketones is 1. The lowest BCUT2D eigenvalue weighted by atomic mass is 9.60. The number of aryl methyl sites for hydroxylation is 1. The van der Waals surface area contributed by atoms with Crippen molar-refractivity contribution in [2.45, 2.75) is 50.2 Å². The van der Waals surface area contributed by atoms with Crippen LogP contribution in [0.4, 0.5) is 17.6 Å². The normalized spacial score (nSPS) is 21.5. The number of rotatable bonds is 7. The first-order chi connectivity index (χ1) is 20.1. The molecule has 6 rings (SSSR count). The van der Waals surface area contributed by atoms with Crippen molar-refractivity contribution in [2.75, 3.05) is 13.1 Å². The fraction of sp³-hybridized carbons (Fsp3) is 0.379. The number of carbonyl (C=O) groups is 1. The Kier molecular flexibility index (Phi) is 7.44. The van der Waals surface area contributed by atoms with Gasteiger partial charge in [-0.05, 0) is 73.6 Å². The molecule has 13 heteroatoms. The molecule has 3 unspecified atom stereocenters. The van der Waals surface area contributed by atoms with E-state index in [1.165, 1.54) is 12.1 Å².